The highest BCUT2D eigenvalue weighted by Gasteiger charge is 2.36. The number of fused-ring (bicyclic) bond motifs is 2. The molecule has 0 saturated carbocycles. The van der Waals surface area contributed by atoms with Crippen LogP contribution in [0.25, 0.3) is 0 Å². The number of halogens is 1. The van der Waals surface area contributed by atoms with Gasteiger partial charge in [0.1, 0.15) is 5.75 Å². The number of carbonyl (C=O) groups is 1. The minimum atomic E-state index is -0.0344. The summed E-state index contributed by atoms with van der Waals surface area (Å²) >= 11 is 0. The van der Waals surface area contributed by atoms with E-state index in [0.717, 1.165) is 44.6 Å². The molecule has 2 atom stereocenters. The van der Waals surface area contributed by atoms with Gasteiger partial charge >= 0.3 is 0 Å². The highest BCUT2D eigenvalue weighted by Crippen LogP contribution is 2.36. The summed E-state index contributed by atoms with van der Waals surface area (Å²) < 4.78 is 10.9. The average Bonchev–Trinajstić information content (AvgIpc) is 3.05. The van der Waals surface area contributed by atoms with Crippen LogP contribution < -0.4 is 15.4 Å². The van der Waals surface area contributed by atoms with Gasteiger partial charge in [0.25, 0.3) is 0 Å². The number of nitrogens with one attached hydrogen (secondary N) is 2. The Balaban J connectivity index is 0.00000225. The van der Waals surface area contributed by atoms with Crippen LogP contribution in [0, 0.1) is 5.92 Å². The molecule has 2 unspecified atom stereocenters. The van der Waals surface area contributed by atoms with E-state index in [1.807, 2.05) is 12.1 Å². The van der Waals surface area contributed by atoms with Gasteiger partial charge in [-0.2, -0.15) is 0 Å². The Kier molecular flexibility index (Phi) is 7.24. The second-order valence-corrected chi connectivity index (χ2v) is 8.58. The number of hydrogen-bond donors (Lipinski definition) is 2. The summed E-state index contributed by atoms with van der Waals surface area (Å²) in [5.41, 5.74) is 1.24. The molecule has 6 heteroatoms. The average molecular weight is 409 g/mol. The number of hydrogen-bond acceptors (Lipinski definition) is 4. The van der Waals surface area contributed by atoms with Gasteiger partial charge in [-0.25, -0.2) is 0 Å². The summed E-state index contributed by atoms with van der Waals surface area (Å²) in [6.45, 7) is 2.19. The molecule has 3 saturated heterocycles. The monoisotopic (exact) mass is 408 g/mol. The molecule has 3 aliphatic rings. The van der Waals surface area contributed by atoms with Crippen molar-refractivity contribution < 1.29 is 14.3 Å². The number of benzene rings is 1. The van der Waals surface area contributed by atoms with E-state index in [4.69, 9.17) is 9.47 Å². The van der Waals surface area contributed by atoms with Crippen molar-refractivity contribution in [2.24, 2.45) is 5.92 Å². The molecule has 156 valence electrons. The zero-order valence-corrected chi connectivity index (χ0v) is 17.6. The van der Waals surface area contributed by atoms with E-state index >= 15 is 0 Å². The number of carbonyl (C=O) groups excluding carboxylic acids is 1. The normalized spacial score (nSPS) is 28.2. The lowest BCUT2D eigenvalue weighted by molar-refractivity contribution is -0.122. The molecule has 28 heavy (non-hydrogen) atoms. The molecular formula is C22H33ClN2O3. The molecule has 4 rings (SSSR count). The van der Waals surface area contributed by atoms with E-state index in [1.165, 1.54) is 18.4 Å². The third-order valence-electron chi connectivity index (χ3n) is 6.82. The van der Waals surface area contributed by atoms with Gasteiger partial charge in [0.05, 0.1) is 7.11 Å². The van der Waals surface area contributed by atoms with Gasteiger partial charge in [0.2, 0.25) is 5.91 Å². The maximum absolute atomic E-state index is 12.7. The van der Waals surface area contributed by atoms with E-state index in [0.29, 0.717) is 31.0 Å². The van der Waals surface area contributed by atoms with Gasteiger partial charge in [-0.3, -0.25) is 4.79 Å². The summed E-state index contributed by atoms with van der Waals surface area (Å²) in [5, 5.41) is 6.93. The van der Waals surface area contributed by atoms with Gasteiger partial charge in [0.15, 0.2) is 0 Å². The van der Waals surface area contributed by atoms with Gasteiger partial charge < -0.3 is 20.1 Å². The smallest absolute Gasteiger partial charge is 0.220 e. The summed E-state index contributed by atoms with van der Waals surface area (Å²) in [4.78, 5) is 12.7. The highest BCUT2D eigenvalue weighted by molar-refractivity contribution is 5.85. The van der Waals surface area contributed by atoms with Crippen LogP contribution in [0.1, 0.15) is 50.5 Å². The van der Waals surface area contributed by atoms with Crippen molar-refractivity contribution in [3.05, 3.63) is 29.8 Å². The molecule has 1 aromatic carbocycles. The standard InChI is InChI=1S/C22H32N2O3.ClH/c1-26-20-6-2-17(3-7-20)22(8-10-27-11-9-22)15-23-21(25)14-16-12-18-4-5-19(13-16)24-18;/h2-3,6-7,16,18-19,24H,4-5,8-15H2,1H3,(H,23,25);1H. The fourth-order valence-electron chi connectivity index (χ4n) is 5.22. The minimum Gasteiger partial charge on any atom is -0.497 e. The number of ether oxygens (including phenoxy) is 2. The van der Waals surface area contributed by atoms with Crippen LogP contribution in [0.4, 0.5) is 0 Å². The third-order valence-corrected chi connectivity index (χ3v) is 6.82. The first-order valence-corrected chi connectivity index (χ1v) is 10.4. The molecule has 0 spiro atoms. The Morgan fingerprint density at radius 3 is 2.43 bits per heavy atom. The molecule has 1 aromatic rings. The molecular weight excluding hydrogens is 376 g/mol. The molecule has 0 aromatic heterocycles. The molecule has 5 nitrogen and oxygen atoms in total. The van der Waals surface area contributed by atoms with Crippen molar-refractivity contribution in [3.63, 3.8) is 0 Å². The number of methoxy groups -OCH3 is 1. The first-order valence-electron chi connectivity index (χ1n) is 10.4. The molecule has 0 radical (unpaired) electrons. The van der Waals surface area contributed by atoms with Crippen molar-refractivity contribution >= 4 is 18.3 Å². The highest BCUT2D eigenvalue weighted by atomic mass is 35.5. The molecule has 2 N–H and O–H groups in total. The Labute approximate surface area is 174 Å². The second-order valence-electron chi connectivity index (χ2n) is 8.58. The number of piperidine rings is 1. The van der Waals surface area contributed by atoms with Crippen molar-refractivity contribution in [1.29, 1.82) is 0 Å². The van der Waals surface area contributed by atoms with Crippen LogP contribution >= 0.6 is 12.4 Å². The maximum Gasteiger partial charge on any atom is 0.220 e. The van der Waals surface area contributed by atoms with E-state index in [1.54, 1.807) is 7.11 Å². The summed E-state index contributed by atoms with van der Waals surface area (Å²) in [5.74, 6) is 1.61. The fourth-order valence-corrected chi connectivity index (χ4v) is 5.22. The molecule has 3 fully saturated rings. The van der Waals surface area contributed by atoms with Crippen molar-refractivity contribution in [2.75, 3.05) is 26.9 Å². The first kappa shape index (κ1) is 21.4. The zero-order valence-electron chi connectivity index (χ0n) is 16.7. The first-order chi connectivity index (χ1) is 13.2. The van der Waals surface area contributed by atoms with E-state index in [2.05, 4.69) is 22.8 Å². The number of rotatable bonds is 6. The lowest BCUT2D eigenvalue weighted by Crippen LogP contribution is -2.45. The van der Waals surface area contributed by atoms with Crippen LogP contribution in [-0.4, -0.2) is 44.9 Å². The van der Waals surface area contributed by atoms with Crippen LogP contribution in [0.15, 0.2) is 24.3 Å². The lowest BCUT2D eigenvalue weighted by Gasteiger charge is -2.38. The predicted octanol–water partition coefficient (Wildman–Crippen LogP) is 3.20. The van der Waals surface area contributed by atoms with Crippen LogP contribution in [-0.2, 0) is 14.9 Å². The fraction of sp³-hybridized carbons (Fsp3) is 0.682. The van der Waals surface area contributed by atoms with Crippen molar-refractivity contribution in [3.8, 4) is 5.75 Å². The Bertz CT molecular complexity index is 634. The third kappa shape index (κ3) is 4.81. The SMILES string of the molecule is COc1ccc(C2(CNC(=O)CC3CC4CCC(C3)N4)CCOCC2)cc1.Cl. The van der Waals surface area contributed by atoms with E-state index in [-0.39, 0.29) is 23.7 Å². The lowest BCUT2D eigenvalue weighted by atomic mass is 9.74. The van der Waals surface area contributed by atoms with Gasteiger partial charge in [-0.05, 0) is 62.1 Å². The van der Waals surface area contributed by atoms with E-state index < -0.39 is 0 Å². The molecule has 3 heterocycles. The Morgan fingerprint density at radius 2 is 1.82 bits per heavy atom. The maximum atomic E-state index is 12.7. The minimum absolute atomic E-state index is 0. The Hall–Kier alpha value is -1.30. The van der Waals surface area contributed by atoms with Crippen LogP contribution in [0.3, 0.4) is 0 Å². The largest absolute Gasteiger partial charge is 0.497 e. The molecule has 0 aliphatic carbocycles. The zero-order chi connectivity index (χ0) is 18.7. The van der Waals surface area contributed by atoms with Gasteiger partial charge in [0, 0.05) is 43.7 Å². The van der Waals surface area contributed by atoms with Crippen molar-refractivity contribution in [2.45, 2.75) is 62.4 Å². The van der Waals surface area contributed by atoms with Gasteiger partial charge in [-0.15, -0.1) is 12.4 Å². The second kappa shape index (κ2) is 9.47. The van der Waals surface area contributed by atoms with Crippen molar-refractivity contribution in [1.82, 2.24) is 10.6 Å². The topological polar surface area (TPSA) is 59.6 Å². The Morgan fingerprint density at radius 1 is 1.18 bits per heavy atom. The van der Waals surface area contributed by atoms with Crippen LogP contribution in [0.5, 0.6) is 5.75 Å². The molecule has 2 bridgehead atoms. The number of amides is 1. The van der Waals surface area contributed by atoms with Gasteiger partial charge in [-0.1, -0.05) is 12.1 Å². The molecule has 1 amide bonds. The summed E-state index contributed by atoms with van der Waals surface area (Å²) in [6.07, 6.45) is 7.42. The predicted molar refractivity (Wildman–Crippen MR) is 112 cm³/mol. The van der Waals surface area contributed by atoms with Crippen LogP contribution in [0.2, 0.25) is 0 Å². The van der Waals surface area contributed by atoms with E-state index in [9.17, 15) is 4.79 Å². The summed E-state index contributed by atoms with van der Waals surface area (Å²) in [7, 11) is 1.69. The summed E-state index contributed by atoms with van der Waals surface area (Å²) in [6, 6.07) is 9.59. The quantitative estimate of drug-likeness (QED) is 0.758. The molecule has 3 aliphatic heterocycles.